The molecule has 1 aliphatic heterocycles. The van der Waals surface area contributed by atoms with Crippen molar-refractivity contribution in [1.82, 2.24) is 14.7 Å². The first-order valence-corrected chi connectivity index (χ1v) is 14.3. The van der Waals surface area contributed by atoms with Crippen molar-refractivity contribution in [2.75, 3.05) is 6.79 Å². The number of hydrogen-bond acceptors (Lipinski definition) is 5. The Morgan fingerprint density at radius 1 is 0.854 bits per heavy atom. The van der Waals surface area contributed by atoms with Gasteiger partial charge in [-0.05, 0) is 53.9 Å². The summed E-state index contributed by atoms with van der Waals surface area (Å²) in [5.41, 5.74) is 7.55. The molecule has 0 bridgehead atoms. The molecule has 5 aromatic rings. The minimum absolute atomic E-state index is 0.154. The Labute approximate surface area is 245 Å². The molecule has 0 saturated heterocycles. The van der Waals surface area contributed by atoms with Gasteiger partial charge in [-0.15, -0.1) is 0 Å². The first-order chi connectivity index (χ1) is 20.1. The summed E-state index contributed by atoms with van der Waals surface area (Å²) >= 11 is 6.61. The van der Waals surface area contributed by atoms with Gasteiger partial charge in [-0.2, -0.15) is 5.10 Å². The normalized spacial score (nSPS) is 12.3. The average molecular weight is 566 g/mol. The second-order valence-corrected chi connectivity index (χ2v) is 10.7. The van der Waals surface area contributed by atoms with Gasteiger partial charge in [0.15, 0.2) is 11.5 Å². The number of aromatic hydroxyl groups is 1. The van der Waals surface area contributed by atoms with E-state index in [0.717, 1.165) is 52.4 Å². The van der Waals surface area contributed by atoms with Gasteiger partial charge in [0.1, 0.15) is 5.75 Å². The number of hydrogen-bond donors (Lipinski definition) is 1. The lowest BCUT2D eigenvalue weighted by Gasteiger charge is -2.24. The maximum absolute atomic E-state index is 9.97. The molecule has 4 aromatic carbocycles. The second kappa shape index (κ2) is 12.1. The van der Waals surface area contributed by atoms with Gasteiger partial charge in [0.25, 0.3) is 0 Å². The first-order valence-electron chi connectivity index (χ1n) is 13.9. The Morgan fingerprint density at radius 2 is 1.61 bits per heavy atom. The summed E-state index contributed by atoms with van der Waals surface area (Å²) in [4.78, 5) is 2.37. The summed E-state index contributed by atoms with van der Waals surface area (Å²) in [5, 5.41) is 15.7. The molecular weight excluding hydrogens is 534 g/mol. The topological polar surface area (TPSA) is 59.8 Å². The van der Waals surface area contributed by atoms with Crippen molar-refractivity contribution in [2.24, 2.45) is 0 Å². The summed E-state index contributed by atoms with van der Waals surface area (Å²) < 4.78 is 13.3. The maximum Gasteiger partial charge on any atom is 0.231 e. The Morgan fingerprint density at radius 3 is 2.37 bits per heavy atom. The molecule has 6 nitrogen and oxygen atoms in total. The lowest BCUT2D eigenvalue weighted by atomic mass is 10.0. The number of phenolic OH excluding ortho intramolecular Hbond substituents is 1. The molecule has 6 rings (SSSR count). The van der Waals surface area contributed by atoms with E-state index in [0.29, 0.717) is 24.7 Å². The molecule has 0 fully saturated rings. The van der Waals surface area contributed by atoms with Crippen LogP contribution >= 0.6 is 11.6 Å². The molecule has 1 aliphatic rings. The van der Waals surface area contributed by atoms with E-state index < -0.39 is 0 Å². The molecule has 2 heterocycles. The fraction of sp³-hybridized carbons (Fsp3) is 0.206. The molecule has 0 atom stereocenters. The molecule has 1 aromatic heterocycles. The van der Waals surface area contributed by atoms with Crippen LogP contribution in [0.1, 0.15) is 35.7 Å². The number of para-hydroxylation sites is 1. The molecule has 0 amide bonds. The number of aromatic nitrogens is 2. The van der Waals surface area contributed by atoms with Crippen LogP contribution in [0.25, 0.3) is 16.9 Å². The van der Waals surface area contributed by atoms with E-state index in [1.54, 1.807) is 12.1 Å². The Bertz CT molecular complexity index is 1640. The first kappa shape index (κ1) is 26.9. The summed E-state index contributed by atoms with van der Waals surface area (Å²) in [6, 6.07) is 32.0. The second-order valence-electron chi connectivity index (χ2n) is 10.2. The molecular formula is C34H32ClN3O3. The minimum atomic E-state index is 0.154. The van der Waals surface area contributed by atoms with Crippen molar-refractivity contribution >= 4 is 11.6 Å². The highest BCUT2D eigenvalue weighted by molar-refractivity contribution is 6.31. The van der Waals surface area contributed by atoms with Gasteiger partial charge in [-0.25, -0.2) is 4.68 Å². The summed E-state index contributed by atoms with van der Waals surface area (Å²) in [6.07, 6.45) is 1.88. The van der Waals surface area contributed by atoms with E-state index in [-0.39, 0.29) is 12.5 Å². The lowest BCUT2D eigenvalue weighted by molar-refractivity contribution is 0.174. The largest absolute Gasteiger partial charge is 0.508 e. The van der Waals surface area contributed by atoms with Gasteiger partial charge in [0.2, 0.25) is 6.79 Å². The predicted octanol–water partition coefficient (Wildman–Crippen LogP) is 7.78. The molecule has 7 heteroatoms. The van der Waals surface area contributed by atoms with E-state index in [2.05, 4.69) is 59.0 Å². The summed E-state index contributed by atoms with van der Waals surface area (Å²) in [6.45, 7) is 4.34. The number of phenols is 1. The zero-order chi connectivity index (χ0) is 28.2. The molecule has 0 aliphatic carbocycles. The van der Waals surface area contributed by atoms with E-state index in [1.807, 2.05) is 42.5 Å². The van der Waals surface area contributed by atoms with Crippen molar-refractivity contribution in [3.63, 3.8) is 0 Å². The van der Waals surface area contributed by atoms with Crippen LogP contribution < -0.4 is 9.47 Å². The zero-order valence-electron chi connectivity index (χ0n) is 23.0. The van der Waals surface area contributed by atoms with Crippen LogP contribution in [0.3, 0.4) is 0 Å². The van der Waals surface area contributed by atoms with Gasteiger partial charge in [-0.3, -0.25) is 4.90 Å². The monoisotopic (exact) mass is 565 g/mol. The third kappa shape index (κ3) is 5.94. The SMILES string of the molecule is CCCc1c(CN(Cc2ccc3c(c2)OCO3)Cc2ccc(O)cc2Cl)c(-c2ccccc2)nn1-c1ccccc1. The van der Waals surface area contributed by atoms with Gasteiger partial charge in [0, 0.05) is 41.5 Å². The van der Waals surface area contributed by atoms with Crippen LogP contribution in [0.2, 0.25) is 5.02 Å². The minimum Gasteiger partial charge on any atom is -0.508 e. The smallest absolute Gasteiger partial charge is 0.231 e. The van der Waals surface area contributed by atoms with E-state index in [1.165, 1.54) is 11.3 Å². The predicted molar refractivity (Wildman–Crippen MR) is 162 cm³/mol. The third-order valence-corrected chi connectivity index (χ3v) is 7.63. The molecule has 1 N–H and O–H groups in total. The number of fused-ring (bicyclic) bond motifs is 1. The molecule has 0 unspecified atom stereocenters. The standard InChI is InChI=1S/C34H32ClN3O3/c1-2-9-31-29(34(25-10-5-3-6-11-25)36-38(31)27-12-7-4-8-13-27)22-37(21-26-15-16-28(39)19-30(26)35)20-24-14-17-32-33(18-24)41-23-40-32/h3-8,10-19,39H,2,9,20-23H2,1H3. The van der Waals surface area contributed by atoms with Gasteiger partial charge < -0.3 is 14.6 Å². The Balaban J connectivity index is 1.44. The summed E-state index contributed by atoms with van der Waals surface area (Å²) in [7, 11) is 0. The number of ether oxygens (including phenoxy) is 2. The third-order valence-electron chi connectivity index (χ3n) is 7.28. The highest BCUT2D eigenvalue weighted by Gasteiger charge is 2.23. The van der Waals surface area contributed by atoms with Crippen molar-refractivity contribution in [1.29, 1.82) is 0 Å². The highest BCUT2D eigenvalue weighted by Crippen LogP contribution is 2.35. The number of nitrogens with zero attached hydrogens (tertiary/aromatic N) is 3. The van der Waals surface area contributed by atoms with Crippen molar-refractivity contribution in [2.45, 2.75) is 39.4 Å². The average Bonchev–Trinajstić information content (AvgIpc) is 3.60. The van der Waals surface area contributed by atoms with Crippen molar-refractivity contribution in [3.05, 3.63) is 124 Å². The lowest BCUT2D eigenvalue weighted by Crippen LogP contribution is -2.23. The van der Waals surface area contributed by atoms with E-state index in [9.17, 15) is 5.11 Å². The molecule has 41 heavy (non-hydrogen) atoms. The van der Waals surface area contributed by atoms with Crippen LogP contribution in [-0.2, 0) is 26.1 Å². The Kier molecular flexibility index (Phi) is 7.94. The number of rotatable bonds is 10. The molecule has 0 saturated carbocycles. The van der Waals surface area contributed by atoms with Gasteiger partial charge in [-0.1, -0.05) is 85.6 Å². The van der Waals surface area contributed by atoms with Crippen LogP contribution in [0.15, 0.2) is 97.1 Å². The summed E-state index contributed by atoms with van der Waals surface area (Å²) in [5.74, 6) is 1.68. The number of halogens is 1. The fourth-order valence-electron chi connectivity index (χ4n) is 5.35. The van der Waals surface area contributed by atoms with Crippen LogP contribution in [0.4, 0.5) is 0 Å². The number of benzene rings is 4. The van der Waals surface area contributed by atoms with E-state index in [4.69, 9.17) is 26.2 Å². The zero-order valence-corrected chi connectivity index (χ0v) is 23.7. The fourth-order valence-corrected chi connectivity index (χ4v) is 5.58. The van der Waals surface area contributed by atoms with Crippen LogP contribution in [-0.4, -0.2) is 26.6 Å². The molecule has 208 valence electrons. The highest BCUT2D eigenvalue weighted by atomic mass is 35.5. The Hall–Kier alpha value is -4.26. The van der Waals surface area contributed by atoms with E-state index >= 15 is 0 Å². The van der Waals surface area contributed by atoms with Crippen molar-refractivity contribution in [3.8, 4) is 34.2 Å². The van der Waals surface area contributed by atoms with Gasteiger partial charge >= 0.3 is 0 Å². The van der Waals surface area contributed by atoms with Crippen LogP contribution in [0.5, 0.6) is 17.2 Å². The molecule has 0 spiro atoms. The van der Waals surface area contributed by atoms with Crippen LogP contribution in [0, 0.1) is 0 Å². The molecule has 0 radical (unpaired) electrons. The quantitative estimate of drug-likeness (QED) is 0.187. The van der Waals surface area contributed by atoms with Gasteiger partial charge in [0.05, 0.1) is 11.4 Å². The van der Waals surface area contributed by atoms with Crippen molar-refractivity contribution < 1.29 is 14.6 Å². The maximum atomic E-state index is 9.97.